The summed E-state index contributed by atoms with van der Waals surface area (Å²) < 4.78 is 44.1. The zero-order valence-corrected chi connectivity index (χ0v) is 11.8. The lowest BCUT2D eigenvalue weighted by molar-refractivity contribution is -0.137. The van der Waals surface area contributed by atoms with E-state index in [4.69, 9.17) is 4.74 Å². The van der Waals surface area contributed by atoms with Crippen LogP contribution in [0.5, 0.6) is 0 Å². The molecule has 0 bridgehead atoms. The van der Waals surface area contributed by atoms with Gasteiger partial charge in [0, 0.05) is 31.5 Å². The zero-order valence-electron chi connectivity index (χ0n) is 11.8. The maximum atomic E-state index is 12.9. The minimum absolute atomic E-state index is 0.228. The summed E-state index contributed by atoms with van der Waals surface area (Å²) in [5.41, 5.74) is -0.826. The normalized spacial score (nSPS) is 15.0. The highest BCUT2D eigenvalue weighted by Crippen LogP contribution is 2.34. The second-order valence-electron chi connectivity index (χ2n) is 5.33. The maximum Gasteiger partial charge on any atom is 0.417 e. The number of hydrogen-bond acceptors (Lipinski definition) is 3. The Balaban J connectivity index is 1.99. The number of likely N-dealkylation sites (N-methyl/N-ethyl adjacent to an activating group) is 1. The van der Waals surface area contributed by atoms with Gasteiger partial charge in [0.05, 0.1) is 12.2 Å². The lowest BCUT2D eigenvalue weighted by Crippen LogP contribution is -2.23. The Morgan fingerprint density at radius 3 is 2.67 bits per heavy atom. The fraction of sp³-hybridized carbons (Fsp3) is 0.533. The van der Waals surface area contributed by atoms with E-state index in [0.717, 1.165) is 12.7 Å². The fourth-order valence-electron chi connectivity index (χ4n) is 2.00. The lowest BCUT2D eigenvalue weighted by atomic mass is 10.1. The molecule has 1 aliphatic rings. The average Bonchev–Trinajstić information content (AvgIpc) is 3.26. The van der Waals surface area contributed by atoms with Gasteiger partial charge in [-0.2, -0.15) is 13.2 Å². The molecule has 1 aromatic carbocycles. The molecule has 0 saturated heterocycles. The smallest absolute Gasteiger partial charge is 0.379 e. The Hall–Kier alpha value is -1.56. The van der Waals surface area contributed by atoms with Crippen molar-refractivity contribution in [2.24, 2.45) is 5.92 Å². The summed E-state index contributed by atoms with van der Waals surface area (Å²) >= 11 is 0. The van der Waals surface area contributed by atoms with Crippen LogP contribution < -0.4 is 4.90 Å². The third kappa shape index (κ3) is 4.46. The molecule has 0 amide bonds. The van der Waals surface area contributed by atoms with Gasteiger partial charge in [-0.15, -0.1) is 0 Å². The highest BCUT2D eigenvalue weighted by molar-refractivity contribution is 5.79. The first-order valence-corrected chi connectivity index (χ1v) is 6.87. The van der Waals surface area contributed by atoms with Crippen molar-refractivity contribution in [2.45, 2.75) is 19.0 Å². The second kappa shape index (κ2) is 6.47. The number of anilines is 1. The predicted octanol–water partition coefficient (Wildman–Crippen LogP) is 3.38. The number of ether oxygens (including phenoxy) is 1. The monoisotopic (exact) mass is 301 g/mol. The maximum absolute atomic E-state index is 12.9. The van der Waals surface area contributed by atoms with Gasteiger partial charge in [0.25, 0.3) is 0 Å². The van der Waals surface area contributed by atoms with Crippen molar-refractivity contribution in [3.63, 3.8) is 0 Å². The van der Waals surface area contributed by atoms with Crippen LogP contribution in [0.25, 0.3) is 0 Å². The Labute approximate surface area is 121 Å². The Kier molecular flexibility index (Phi) is 4.88. The molecule has 0 heterocycles. The van der Waals surface area contributed by atoms with Gasteiger partial charge in [0.1, 0.15) is 0 Å². The van der Waals surface area contributed by atoms with E-state index in [9.17, 15) is 18.0 Å². The van der Waals surface area contributed by atoms with Gasteiger partial charge in [0.2, 0.25) is 0 Å². The number of rotatable bonds is 7. The minimum Gasteiger partial charge on any atom is -0.379 e. The molecule has 0 radical (unpaired) electrons. The first-order valence-electron chi connectivity index (χ1n) is 6.87. The summed E-state index contributed by atoms with van der Waals surface area (Å²) in [4.78, 5) is 12.4. The number of hydrogen-bond donors (Lipinski definition) is 0. The van der Waals surface area contributed by atoms with Crippen LogP contribution in [0, 0.1) is 5.92 Å². The van der Waals surface area contributed by atoms with Crippen LogP contribution in [0.1, 0.15) is 28.8 Å². The molecule has 1 aliphatic carbocycles. The first-order chi connectivity index (χ1) is 9.91. The van der Waals surface area contributed by atoms with E-state index >= 15 is 0 Å². The van der Waals surface area contributed by atoms with Gasteiger partial charge in [0.15, 0.2) is 6.29 Å². The van der Waals surface area contributed by atoms with Gasteiger partial charge in [-0.25, -0.2) is 0 Å². The summed E-state index contributed by atoms with van der Waals surface area (Å²) in [6.07, 6.45) is -1.89. The summed E-state index contributed by atoms with van der Waals surface area (Å²) in [5.74, 6) is 0.666. The molecule has 0 aliphatic heterocycles. The summed E-state index contributed by atoms with van der Waals surface area (Å²) in [6.45, 7) is 1.71. The molecule has 0 atom stereocenters. The van der Waals surface area contributed by atoms with Crippen molar-refractivity contribution in [1.29, 1.82) is 0 Å². The molecule has 1 aromatic rings. The molecular formula is C15H18F3NO2. The molecule has 2 rings (SSSR count). The van der Waals surface area contributed by atoms with E-state index in [1.165, 1.54) is 25.0 Å². The van der Waals surface area contributed by atoms with Crippen LogP contribution in [0.4, 0.5) is 18.9 Å². The minimum atomic E-state index is -4.53. The van der Waals surface area contributed by atoms with E-state index in [-0.39, 0.29) is 11.8 Å². The number of aldehydes is 1. The van der Waals surface area contributed by atoms with Crippen molar-refractivity contribution in [2.75, 3.05) is 31.7 Å². The molecular weight excluding hydrogens is 283 g/mol. The van der Waals surface area contributed by atoms with Crippen LogP contribution in [0.3, 0.4) is 0 Å². The van der Waals surface area contributed by atoms with E-state index < -0.39 is 11.7 Å². The SMILES string of the molecule is CN(CCOCC1CC1)c1ccc(C=O)c(C(F)(F)F)c1. The molecule has 3 nitrogen and oxygen atoms in total. The van der Waals surface area contributed by atoms with Crippen molar-refractivity contribution in [1.82, 2.24) is 0 Å². The lowest BCUT2D eigenvalue weighted by Gasteiger charge is -2.21. The van der Waals surface area contributed by atoms with Crippen LogP contribution >= 0.6 is 0 Å². The zero-order chi connectivity index (χ0) is 15.5. The fourth-order valence-corrected chi connectivity index (χ4v) is 2.00. The number of nitrogens with zero attached hydrogens (tertiary/aromatic N) is 1. The van der Waals surface area contributed by atoms with Crippen LogP contribution in [-0.4, -0.2) is 33.1 Å². The molecule has 1 fully saturated rings. The van der Waals surface area contributed by atoms with Gasteiger partial charge in [-0.1, -0.05) is 0 Å². The van der Waals surface area contributed by atoms with Gasteiger partial charge in [-0.05, 0) is 37.0 Å². The summed E-state index contributed by atoms with van der Waals surface area (Å²) in [6, 6.07) is 3.72. The third-order valence-electron chi connectivity index (χ3n) is 3.53. The van der Waals surface area contributed by atoms with E-state index in [1.807, 2.05) is 0 Å². The number of carbonyl (C=O) groups excluding carboxylic acids is 1. The predicted molar refractivity (Wildman–Crippen MR) is 73.6 cm³/mol. The van der Waals surface area contributed by atoms with E-state index in [2.05, 4.69) is 0 Å². The van der Waals surface area contributed by atoms with Crippen LogP contribution in [0.2, 0.25) is 0 Å². The van der Waals surface area contributed by atoms with Crippen LogP contribution in [0.15, 0.2) is 18.2 Å². The van der Waals surface area contributed by atoms with Crippen LogP contribution in [-0.2, 0) is 10.9 Å². The van der Waals surface area contributed by atoms with Gasteiger partial charge < -0.3 is 9.64 Å². The molecule has 1 saturated carbocycles. The largest absolute Gasteiger partial charge is 0.417 e. The van der Waals surface area contributed by atoms with Crippen molar-refractivity contribution in [3.05, 3.63) is 29.3 Å². The van der Waals surface area contributed by atoms with Crippen molar-refractivity contribution in [3.8, 4) is 0 Å². The molecule has 21 heavy (non-hydrogen) atoms. The Morgan fingerprint density at radius 2 is 2.10 bits per heavy atom. The molecule has 0 N–H and O–H groups in total. The van der Waals surface area contributed by atoms with Crippen molar-refractivity contribution >= 4 is 12.0 Å². The second-order valence-corrected chi connectivity index (χ2v) is 5.33. The highest BCUT2D eigenvalue weighted by atomic mass is 19.4. The number of carbonyl (C=O) groups is 1. The summed E-state index contributed by atoms with van der Waals surface area (Å²) in [7, 11) is 1.70. The Morgan fingerprint density at radius 1 is 1.38 bits per heavy atom. The van der Waals surface area contributed by atoms with Crippen molar-refractivity contribution < 1.29 is 22.7 Å². The molecule has 0 spiro atoms. The number of halogens is 3. The topological polar surface area (TPSA) is 29.5 Å². The first kappa shape index (κ1) is 15.8. The molecule has 0 unspecified atom stereocenters. The standard InChI is InChI=1S/C15H18F3NO2/c1-19(6-7-21-10-11-2-3-11)13-5-4-12(9-20)14(8-13)15(16,17)18/h4-5,8-9,11H,2-3,6-7,10H2,1H3. The van der Waals surface area contributed by atoms with Gasteiger partial charge in [-0.3, -0.25) is 4.79 Å². The summed E-state index contributed by atoms with van der Waals surface area (Å²) in [5, 5.41) is 0. The molecule has 0 aromatic heterocycles. The number of alkyl halides is 3. The average molecular weight is 301 g/mol. The van der Waals surface area contributed by atoms with Gasteiger partial charge >= 0.3 is 6.18 Å². The quantitative estimate of drug-likeness (QED) is 0.571. The Bertz CT molecular complexity index is 498. The molecule has 6 heteroatoms. The van der Waals surface area contributed by atoms with E-state index in [1.54, 1.807) is 11.9 Å². The highest BCUT2D eigenvalue weighted by Gasteiger charge is 2.33. The van der Waals surface area contributed by atoms with E-state index in [0.29, 0.717) is 24.8 Å². The molecule has 116 valence electrons. The third-order valence-corrected chi connectivity index (χ3v) is 3.53. The number of benzene rings is 1.